The van der Waals surface area contributed by atoms with Crippen LogP contribution in [-0.4, -0.2) is 66.0 Å². The fraction of sp³-hybridized carbons (Fsp3) is 0. The van der Waals surface area contributed by atoms with E-state index in [2.05, 4.69) is 74.0 Å². The van der Waals surface area contributed by atoms with Gasteiger partial charge in [0.05, 0.1) is 0 Å². The average Bonchev–Trinajstić information content (AvgIpc) is 2.38. The van der Waals surface area contributed by atoms with Gasteiger partial charge in [0.1, 0.15) is 0 Å². The van der Waals surface area contributed by atoms with Crippen molar-refractivity contribution < 1.29 is 0 Å². The van der Waals surface area contributed by atoms with E-state index in [0.29, 0.717) is 0 Å². The normalized spacial score (nSPS) is 10.3. The van der Waals surface area contributed by atoms with Crippen molar-refractivity contribution >= 4 is 109 Å². The maximum atomic E-state index is 3.60. The Morgan fingerprint density at radius 2 is 1.00 bits per heavy atom. The molecule has 0 amide bonds. The maximum absolute atomic E-state index is 3.60. The third-order valence-electron chi connectivity index (χ3n) is 3.17. The molecule has 0 bridgehead atoms. The molecule has 0 saturated carbocycles. The first kappa shape index (κ1) is 17.5. The topological polar surface area (TPSA) is 6.48 Å². The zero-order chi connectivity index (χ0) is 14.9. The maximum Gasteiger partial charge on any atom is 0.337 e. The lowest BCUT2D eigenvalue weighted by Crippen LogP contribution is -2.17. The molecule has 0 fully saturated rings. The van der Waals surface area contributed by atoms with Crippen LogP contribution in [0.2, 0.25) is 0 Å². The van der Waals surface area contributed by atoms with Crippen molar-refractivity contribution in [1.82, 2.24) is 0 Å². The Balaban J connectivity index is 2.68. The molecule has 2 rings (SSSR count). The lowest BCUT2D eigenvalue weighted by atomic mass is 10.0. The minimum absolute atomic E-state index is 1.07. The molecule has 0 aliphatic carbocycles. The largest absolute Gasteiger partial charge is 0.569 e. The number of hydrogen-bond acceptors (Lipinski definition) is 2. The lowest BCUT2D eigenvalue weighted by molar-refractivity contribution is 1.49. The van der Waals surface area contributed by atoms with Crippen LogP contribution in [0.4, 0.5) is 11.4 Å². The van der Waals surface area contributed by atoms with E-state index in [9.17, 15) is 0 Å². The molecule has 0 aliphatic heterocycles. The molecule has 0 spiro atoms. The van der Waals surface area contributed by atoms with Crippen LogP contribution in [0.3, 0.4) is 0 Å². The van der Waals surface area contributed by atoms with Crippen molar-refractivity contribution in [1.29, 1.82) is 0 Å². The average molecular weight is 454 g/mol. The summed E-state index contributed by atoms with van der Waals surface area (Å²) >= 11 is 11.5. The van der Waals surface area contributed by atoms with E-state index in [4.69, 9.17) is 0 Å². The highest BCUT2D eigenvalue weighted by Gasteiger charge is 2.11. The predicted octanol–water partition coefficient (Wildman–Crippen LogP) is 0.684. The van der Waals surface area contributed by atoms with Crippen LogP contribution in [0, 0.1) is 0 Å². The first-order chi connectivity index (χ1) is 9.40. The minimum atomic E-state index is 1.07. The SMILES string of the molecule is [AlH2][N]([AlH2])c1cc(Br)ccc1-c1ccc(Br)cc1[N]([AlH2])[AlH2]. The molecule has 0 heterocycles. The fourth-order valence-corrected chi connectivity index (χ4v) is 4.38. The minimum Gasteiger partial charge on any atom is -0.569 e. The summed E-state index contributed by atoms with van der Waals surface area (Å²) in [5, 5.41) is 0. The van der Waals surface area contributed by atoms with Crippen LogP contribution < -0.4 is 5.73 Å². The van der Waals surface area contributed by atoms with Crippen LogP contribution in [0.1, 0.15) is 0 Å². The van der Waals surface area contributed by atoms with Gasteiger partial charge in [0.2, 0.25) is 0 Å². The molecule has 0 aromatic heterocycles. The second kappa shape index (κ2) is 7.60. The summed E-state index contributed by atoms with van der Waals surface area (Å²) in [5.74, 6) is 0. The van der Waals surface area contributed by atoms with E-state index in [1.165, 1.54) is 22.5 Å². The number of rotatable bonds is 3. The molecule has 0 radical (unpaired) electrons. The van der Waals surface area contributed by atoms with Crippen molar-refractivity contribution in [3.05, 3.63) is 45.3 Å². The highest BCUT2D eigenvalue weighted by Crippen LogP contribution is 2.38. The molecule has 98 valence electrons. The van der Waals surface area contributed by atoms with Crippen molar-refractivity contribution in [2.75, 3.05) is 5.73 Å². The van der Waals surface area contributed by atoms with Crippen molar-refractivity contribution in [2.24, 2.45) is 0 Å². The molecule has 2 nitrogen and oxygen atoms in total. The lowest BCUT2D eigenvalue weighted by Gasteiger charge is -2.26. The van der Waals surface area contributed by atoms with Gasteiger partial charge in [-0.1, -0.05) is 44.0 Å². The van der Waals surface area contributed by atoms with Crippen LogP contribution >= 0.6 is 31.9 Å². The second-order valence-electron chi connectivity index (χ2n) is 5.11. The van der Waals surface area contributed by atoms with Gasteiger partial charge in [-0.15, -0.1) is 0 Å². The van der Waals surface area contributed by atoms with Gasteiger partial charge in [-0.05, 0) is 35.6 Å². The number of halogens is 2. The summed E-state index contributed by atoms with van der Waals surface area (Å²) < 4.78 is 7.19. The Morgan fingerprint density at radius 3 is 1.30 bits per heavy atom. The molecule has 0 atom stereocenters. The van der Waals surface area contributed by atoms with Gasteiger partial charge >= 0.3 is 66.0 Å². The van der Waals surface area contributed by atoms with Gasteiger partial charge in [-0.2, -0.15) is 0 Å². The molecule has 2 aromatic rings. The zero-order valence-corrected chi connectivity index (χ0v) is 23.3. The molecule has 20 heavy (non-hydrogen) atoms. The van der Waals surface area contributed by atoms with Gasteiger partial charge in [0, 0.05) is 20.1 Å². The quantitative estimate of drug-likeness (QED) is 0.631. The van der Waals surface area contributed by atoms with E-state index < -0.39 is 0 Å². The van der Waals surface area contributed by atoms with Crippen LogP contribution in [0.25, 0.3) is 11.1 Å². The molecule has 0 unspecified atom stereocenters. The van der Waals surface area contributed by atoms with Gasteiger partial charge in [-0.3, -0.25) is 0 Å². The van der Waals surface area contributed by atoms with Gasteiger partial charge in [0.15, 0.2) is 0 Å². The van der Waals surface area contributed by atoms with Crippen LogP contribution in [0.15, 0.2) is 45.3 Å². The molecule has 2 aromatic carbocycles. The second-order valence-corrected chi connectivity index (χ2v) is 15.9. The fourth-order valence-electron chi connectivity index (χ4n) is 2.21. The Kier molecular flexibility index (Phi) is 6.65. The summed E-state index contributed by atoms with van der Waals surface area (Å²) in [5.41, 5.74) is 5.40. The van der Waals surface area contributed by atoms with Gasteiger partial charge in [0.25, 0.3) is 0 Å². The van der Waals surface area contributed by atoms with E-state index in [-0.39, 0.29) is 0 Å². The number of hydrogen-bond donors (Lipinski definition) is 0. The molecule has 0 aliphatic rings. The molecular formula is C12H14Al4Br2N2. The highest BCUT2D eigenvalue weighted by molar-refractivity contribution is 9.10. The first-order valence-electron chi connectivity index (χ1n) is 6.34. The molecule has 0 N–H and O–H groups in total. The Labute approximate surface area is 169 Å². The number of anilines is 2. The third kappa shape index (κ3) is 4.11. The Bertz CT molecular complexity index is 579. The number of benzene rings is 2. The monoisotopic (exact) mass is 452 g/mol. The molecule has 0 saturated heterocycles. The van der Waals surface area contributed by atoms with Crippen LogP contribution in [-0.2, 0) is 0 Å². The van der Waals surface area contributed by atoms with E-state index in [1.54, 1.807) is 0 Å². The van der Waals surface area contributed by atoms with E-state index in [0.717, 1.165) is 75.0 Å². The first-order valence-corrected chi connectivity index (χ1v) is 11.5. The van der Waals surface area contributed by atoms with Crippen LogP contribution in [0.5, 0.6) is 0 Å². The zero-order valence-electron chi connectivity index (χ0n) is 12.1. The van der Waals surface area contributed by atoms with Crippen molar-refractivity contribution in [2.45, 2.75) is 0 Å². The summed E-state index contributed by atoms with van der Waals surface area (Å²) in [7, 11) is 0. The van der Waals surface area contributed by atoms with Gasteiger partial charge in [-0.25, -0.2) is 0 Å². The summed E-state index contributed by atoms with van der Waals surface area (Å²) in [4.78, 5) is 0. The van der Waals surface area contributed by atoms with E-state index >= 15 is 0 Å². The number of nitrogens with zero attached hydrogens (tertiary/aromatic N) is 2. The van der Waals surface area contributed by atoms with Gasteiger partial charge < -0.3 is 5.73 Å². The summed E-state index contributed by atoms with van der Waals surface area (Å²) in [6.45, 7) is 0. The summed E-state index contributed by atoms with van der Waals surface area (Å²) in [6.07, 6.45) is 0. The third-order valence-corrected chi connectivity index (χ3v) is 6.09. The Hall–Kier alpha value is 1.13. The van der Waals surface area contributed by atoms with E-state index in [1.807, 2.05) is 0 Å². The molecular weight excluding hydrogens is 440 g/mol. The smallest absolute Gasteiger partial charge is 0.337 e. The highest BCUT2D eigenvalue weighted by atomic mass is 79.9. The van der Waals surface area contributed by atoms with Crippen molar-refractivity contribution in [3.63, 3.8) is 0 Å². The predicted molar refractivity (Wildman–Crippen MR) is 106 cm³/mol. The molecule has 8 heteroatoms. The Morgan fingerprint density at radius 1 is 0.650 bits per heavy atom. The standard InChI is InChI=1S/C12H6Br2N2.4Al.8H/c13-7-1-3-9(11(15)5-7)10-4-2-8(14)6-12(10)16;;;;;;;;;;;;/h1-6H;;;;;;;;;;;;. The summed E-state index contributed by atoms with van der Waals surface area (Å²) in [6, 6.07) is 13.2. The van der Waals surface area contributed by atoms with Crippen molar-refractivity contribution in [3.8, 4) is 11.1 Å².